The number of carbonyl (C=O) groups is 1. The second-order valence-electron chi connectivity index (χ2n) is 3.29. The number of hydrogen-bond donors (Lipinski definition) is 3. The molecule has 1 aliphatic rings. The van der Waals surface area contributed by atoms with Gasteiger partial charge < -0.3 is 20.4 Å². The molecule has 0 radical (unpaired) electrons. The molecule has 0 spiro atoms. The first kappa shape index (κ1) is 10.4. The van der Waals surface area contributed by atoms with Gasteiger partial charge in [0.25, 0.3) is 0 Å². The largest absolute Gasteiger partial charge is 0.388 e. The molecule has 3 N–H and O–H groups in total. The van der Waals surface area contributed by atoms with Gasteiger partial charge in [-0.05, 0) is 7.05 Å². The Balaban J connectivity index is 2.33. The van der Waals surface area contributed by atoms with Gasteiger partial charge in [0.05, 0.1) is 12.2 Å². The van der Waals surface area contributed by atoms with Gasteiger partial charge in [0, 0.05) is 26.1 Å². The van der Waals surface area contributed by atoms with E-state index in [9.17, 15) is 15.0 Å². The summed E-state index contributed by atoms with van der Waals surface area (Å²) in [5.74, 6) is -0.0232. The van der Waals surface area contributed by atoms with Gasteiger partial charge in [-0.2, -0.15) is 0 Å². The van der Waals surface area contributed by atoms with E-state index in [1.54, 1.807) is 7.05 Å². The van der Waals surface area contributed by atoms with Crippen molar-refractivity contribution in [1.29, 1.82) is 0 Å². The molecule has 1 aliphatic heterocycles. The fourth-order valence-corrected chi connectivity index (χ4v) is 1.36. The van der Waals surface area contributed by atoms with E-state index in [1.807, 2.05) is 0 Å². The van der Waals surface area contributed by atoms with E-state index in [0.717, 1.165) is 0 Å². The highest BCUT2D eigenvalue weighted by Gasteiger charge is 2.31. The number of aliphatic hydroxyl groups excluding tert-OH is 2. The van der Waals surface area contributed by atoms with Gasteiger partial charge in [0.1, 0.15) is 0 Å². The van der Waals surface area contributed by atoms with Crippen molar-refractivity contribution >= 4 is 5.91 Å². The maximum Gasteiger partial charge on any atom is 0.224 e. The van der Waals surface area contributed by atoms with Crippen LogP contribution in [-0.4, -0.2) is 59.9 Å². The average molecular weight is 188 g/mol. The lowest BCUT2D eigenvalue weighted by Gasteiger charge is -2.14. The van der Waals surface area contributed by atoms with Crippen molar-refractivity contribution in [1.82, 2.24) is 10.2 Å². The Morgan fingerprint density at radius 2 is 2.00 bits per heavy atom. The molecule has 0 aromatic carbocycles. The number of carbonyl (C=O) groups excluding carboxylic acids is 1. The number of nitrogens with zero attached hydrogens (tertiary/aromatic N) is 1. The van der Waals surface area contributed by atoms with E-state index in [1.165, 1.54) is 4.90 Å². The van der Waals surface area contributed by atoms with E-state index in [2.05, 4.69) is 5.32 Å². The summed E-state index contributed by atoms with van der Waals surface area (Å²) >= 11 is 0. The summed E-state index contributed by atoms with van der Waals surface area (Å²) in [6, 6.07) is 0. The third-order valence-electron chi connectivity index (χ3n) is 2.20. The van der Waals surface area contributed by atoms with E-state index >= 15 is 0 Å². The number of hydrogen-bond acceptors (Lipinski definition) is 4. The fraction of sp³-hybridized carbons (Fsp3) is 0.875. The number of β-amino-alcohol motifs (C(OH)–C–C–N with tert-alkyl or cyclic N) is 2. The Bertz CT molecular complexity index is 176. The summed E-state index contributed by atoms with van der Waals surface area (Å²) in [5, 5.41) is 21.2. The molecule has 0 aromatic rings. The van der Waals surface area contributed by atoms with Gasteiger partial charge in [0.2, 0.25) is 5.91 Å². The lowest BCUT2D eigenvalue weighted by molar-refractivity contribution is -0.130. The maximum absolute atomic E-state index is 11.4. The quantitative estimate of drug-likeness (QED) is 0.486. The van der Waals surface area contributed by atoms with Gasteiger partial charge in [-0.3, -0.25) is 4.79 Å². The van der Waals surface area contributed by atoms with E-state index < -0.39 is 12.2 Å². The highest BCUT2D eigenvalue weighted by molar-refractivity contribution is 5.76. The lowest BCUT2D eigenvalue weighted by atomic mass is 10.3. The van der Waals surface area contributed by atoms with Gasteiger partial charge in [-0.15, -0.1) is 0 Å². The van der Waals surface area contributed by atoms with Crippen molar-refractivity contribution in [3.63, 3.8) is 0 Å². The Morgan fingerprint density at radius 3 is 2.46 bits per heavy atom. The van der Waals surface area contributed by atoms with Crippen molar-refractivity contribution in [3.8, 4) is 0 Å². The van der Waals surface area contributed by atoms with Crippen LogP contribution in [0.15, 0.2) is 0 Å². The van der Waals surface area contributed by atoms with Gasteiger partial charge >= 0.3 is 0 Å². The molecule has 1 heterocycles. The first-order valence-electron chi connectivity index (χ1n) is 4.43. The monoisotopic (exact) mass is 188 g/mol. The number of aliphatic hydroxyl groups is 2. The molecule has 0 aliphatic carbocycles. The maximum atomic E-state index is 11.4. The third-order valence-corrected chi connectivity index (χ3v) is 2.20. The van der Waals surface area contributed by atoms with Crippen LogP contribution in [0.5, 0.6) is 0 Å². The molecule has 2 atom stereocenters. The van der Waals surface area contributed by atoms with Gasteiger partial charge in [-0.25, -0.2) is 0 Å². The van der Waals surface area contributed by atoms with Crippen LogP contribution in [0.4, 0.5) is 0 Å². The Kier molecular flexibility index (Phi) is 3.65. The van der Waals surface area contributed by atoms with Crippen LogP contribution in [0.25, 0.3) is 0 Å². The second kappa shape index (κ2) is 4.55. The second-order valence-corrected chi connectivity index (χ2v) is 3.29. The van der Waals surface area contributed by atoms with E-state index in [-0.39, 0.29) is 19.0 Å². The minimum Gasteiger partial charge on any atom is -0.388 e. The Hall–Kier alpha value is -0.650. The van der Waals surface area contributed by atoms with Crippen LogP contribution in [0.3, 0.4) is 0 Å². The molecule has 5 heteroatoms. The zero-order valence-electron chi connectivity index (χ0n) is 7.73. The topological polar surface area (TPSA) is 72.8 Å². The zero-order valence-corrected chi connectivity index (χ0v) is 7.73. The number of amides is 1. The number of likely N-dealkylation sites (tertiary alicyclic amines) is 1. The summed E-state index contributed by atoms with van der Waals surface area (Å²) in [6.07, 6.45) is -1.15. The minimum absolute atomic E-state index is 0.0232. The summed E-state index contributed by atoms with van der Waals surface area (Å²) in [7, 11) is 1.78. The van der Waals surface area contributed by atoms with Crippen molar-refractivity contribution in [2.75, 3.05) is 26.7 Å². The van der Waals surface area contributed by atoms with Crippen LogP contribution >= 0.6 is 0 Å². The lowest BCUT2D eigenvalue weighted by Crippen LogP contribution is -2.31. The zero-order chi connectivity index (χ0) is 9.84. The van der Waals surface area contributed by atoms with Gasteiger partial charge in [-0.1, -0.05) is 0 Å². The SMILES string of the molecule is CNCCC(=O)N1C[C@@H](O)[C@@H](O)C1. The number of rotatable bonds is 3. The summed E-state index contributed by atoms with van der Waals surface area (Å²) in [5.41, 5.74) is 0. The first-order chi connectivity index (χ1) is 6.15. The van der Waals surface area contributed by atoms with Crippen LogP contribution in [0.2, 0.25) is 0 Å². The van der Waals surface area contributed by atoms with E-state index in [4.69, 9.17) is 0 Å². The molecule has 1 rings (SSSR count). The predicted octanol–water partition coefficient (Wildman–Crippen LogP) is -1.84. The molecular formula is C8H16N2O3. The highest BCUT2D eigenvalue weighted by Crippen LogP contribution is 2.10. The fourth-order valence-electron chi connectivity index (χ4n) is 1.36. The molecule has 0 saturated carbocycles. The van der Waals surface area contributed by atoms with Crippen LogP contribution in [0.1, 0.15) is 6.42 Å². The molecule has 76 valence electrons. The Labute approximate surface area is 77.3 Å². The molecular weight excluding hydrogens is 172 g/mol. The van der Waals surface area contributed by atoms with Crippen molar-refractivity contribution < 1.29 is 15.0 Å². The molecule has 5 nitrogen and oxygen atoms in total. The molecule has 1 amide bonds. The van der Waals surface area contributed by atoms with E-state index in [0.29, 0.717) is 13.0 Å². The summed E-state index contributed by atoms with van der Waals surface area (Å²) in [6.45, 7) is 1.13. The van der Waals surface area contributed by atoms with Crippen LogP contribution in [-0.2, 0) is 4.79 Å². The summed E-state index contributed by atoms with van der Waals surface area (Å²) < 4.78 is 0. The van der Waals surface area contributed by atoms with Crippen molar-refractivity contribution in [3.05, 3.63) is 0 Å². The van der Waals surface area contributed by atoms with Crippen LogP contribution in [0, 0.1) is 0 Å². The highest BCUT2D eigenvalue weighted by atomic mass is 16.3. The minimum atomic E-state index is -0.779. The molecule has 0 bridgehead atoms. The molecule has 0 aromatic heterocycles. The predicted molar refractivity (Wildman–Crippen MR) is 47.1 cm³/mol. The van der Waals surface area contributed by atoms with Gasteiger partial charge in [0.15, 0.2) is 0 Å². The third kappa shape index (κ3) is 2.65. The Morgan fingerprint density at radius 1 is 1.46 bits per heavy atom. The standard InChI is InChI=1S/C8H16N2O3/c1-9-3-2-8(13)10-4-6(11)7(12)5-10/h6-7,9,11-12H,2-5H2,1H3/t6-,7+. The number of nitrogens with one attached hydrogen (secondary N) is 1. The van der Waals surface area contributed by atoms with Crippen molar-refractivity contribution in [2.45, 2.75) is 18.6 Å². The molecule has 1 saturated heterocycles. The smallest absolute Gasteiger partial charge is 0.224 e. The van der Waals surface area contributed by atoms with Crippen molar-refractivity contribution in [2.24, 2.45) is 0 Å². The molecule has 0 unspecified atom stereocenters. The average Bonchev–Trinajstić information content (AvgIpc) is 2.43. The molecule has 13 heavy (non-hydrogen) atoms. The summed E-state index contributed by atoms with van der Waals surface area (Å²) in [4.78, 5) is 12.9. The first-order valence-corrected chi connectivity index (χ1v) is 4.43. The molecule has 1 fully saturated rings. The van der Waals surface area contributed by atoms with Crippen LogP contribution < -0.4 is 5.32 Å². The normalized spacial score (nSPS) is 28.1.